The fraction of sp³-hybridized carbons (Fsp3) is 0.455. The molecule has 0 saturated heterocycles. The van der Waals surface area contributed by atoms with Gasteiger partial charge in [-0.2, -0.15) is 0 Å². The molecule has 0 fully saturated rings. The van der Waals surface area contributed by atoms with Crippen LogP contribution in [0.15, 0.2) is 18.2 Å². The lowest BCUT2D eigenvalue weighted by Crippen LogP contribution is -2.11. The van der Waals surface area contributed by atoms with Crippen molar-refractivity contribution < 1.29 is 18.3 Å². The molecule has 90 valence electrons. The minimum atomic E-state index is -2.50. The van der Waals surface area contributed by atoms with Crippen LogP contribution in [0.4, 0.5) is 8.78 Å². The van der Waals surface area contributed by atoms with Crippen molar-refractivity contribution in [3.63, 3.8) is 0 Å². The second-order valence-corrected chi connectivity index (χ2v) is 3.19. The number of hydrogen-bond donors (Lipinski definition) is 1. The van der Waals surface area contributed by atoms with Crippen LogP contribution in [0, 0.1) is 0 Å². The Morgan fingerprint density at radius 3 is 2.69 bits per heavy atom. The summed E-state index contributed by atoms with van der Waals surface area (Å²) in [5.74, 6) is 0.808. The van der Waals surface area contributed by atoms with Crippen LogP contribution in [0.5, 0.6) is 11.5 Å². The van der Waals surface area contributed by atoms with Crippen LogP contribution in [0.25, 0.3) is 0 Å². The number of hydrogen-bond acceptors (Lipinski definition) is 3. The molecule has 1 aromatic carbocycles. The predicted molar refractivity (Wildman–Crippen MR) is 57.3 cm³/mol. The smallest absolute Gasteiger partial charge is 0.272 e. The molecular weight excluding hydrogens is 216 g/mol. The van der Waals surface area contributed by atoms with E-state index in [9.17, 15) is 8.78 Å². The van der Waals surface area contributed by atoms with E-state index in [1.54, 1.807) is 18.2 Å². The summed E-state index contributed by atoms with van der Waals surface area (Å²) >= 11 is 0. The van der Waals surface area contributed by atoms with Crippen molar-refractivity contribution in [3.8, 4) is 11.5 Å². The van der Waals surface area contributed by atoms with E-state index in [1.165, 1.54) is 7.11 Å². The van der Waals surface area contributed by atoms with Gasteiger partial charge in [-0.05, 0) is 24.6 Å². The Hall–Kier alpha value is -1.36. The minimum Gasteiger partial charge on any atom is -0.493 e. The van der Waals surface area contributed by atoms with Gasteiger partial charge in [0.1, 0.15) is 6.61 Å². The van der Waals surface area contributed by atoms with E-state index < -0.39 is 13.0 Å². The van der Waals surface area contributed by atoms with Crippen molar-refractivity contribution in [1.82, 2.24) is 0 Å². The van der Waals surface area contributed by atoms with Crippen LogP contribution in [0.2, 0.25) is 0 Å². The Morgan fingerprint density at radius 2 is 2.12 bits per heavy atom. The molecular formula is C11H15F2NO2. The molecule has 0 radical (unpaired) electrons. The van der Waals surface area contributed by atoms with E-state index in [0.717, 1.165) is 5.56 Å². The molecule has 3 nitrogen and oxygen atoms in total. The lowest BCUT2D eigenvalue weighted by molar-refractivity contribution is 0.0799. The van der Waals surface area contributed by atoms with Crippen molar-refractivity contribution in [2.75, 3.05) is 20.3 Å². The van der Waals surface area contributed by atoms with Crippen LogP contribution in [-0.2, 0) is 6.42 Å². The van der Waals surface area contributed by atoms with Gasteiger partial charge in [0.25, 0.3) is 6.43 Å². The Bertz CT molecular complexity index is 332. The van der Waals surface area contributed by atoms with Crippen molar-refractivity contribution in [1.29, 1.82) is 0 Å². The van der Waals surface area contributed by atoms with Crippen LogP contribution < -0.4 is 15.2 Å². The van der Waals surface area contributed by atoms with Gasteiger partial charge in [0.05, 0.1) is 7.11 Å². The lowest BCUT2D eigenvalue weighted by Gasteiger charge is -2.14. The zero-order valence-corrected chi connectivity index (χ0v) is 9.08. The Labute approximate surface area is 93.2 Å². The summed E-state index contributed by atoms with van der Waals surface area (Å²) in [5.41, 5.74) is 6.21. The average molecular weight is 231 g/mol. The minimum absolute atomic E-state index is 0.357. The van der Waals surface area contributed by atoms with Crippen LogP contribution >= 0.6 is 0 Å². The Kier molecular flexibility index (Phi) is 4.98. The standard InChI is InChI=1S/C11H15F2NO2/c1-15-9-4-2-3-8(5-6-14)11(9)16-7-10(12)13/h2-4,10H,5-7,14H2,1H3. The third-order valence-corrected chi connectivity index (χ3v) is 2.05. The number of para-hydroxylation sites is 1. The molecule has 0 amide bonds. The number of nitrogens with two attached hydrogens (primary N) is 1. The van der Waals surface area contributed by atoms with E-state index in [-0.39, 0.29) is 0 Å². The number of benzene rings is 1. The van der Waals surface area contributed by atoms with E-state index in [0.29, 0.717) is 24.5 Å². The molecule has 16 heavy (non-hydrogen) atoms. The number of alkyl halides is 2. The van der Waals surface area contributed by atoms with Gasteiger partial charge in [0, 0.05) is 0 Å². The zero-order chi connectivity index (χ0) is 12.0. The number of rotatable bonds is 6. The highest BCUT2D eigenvalue weighted by Gasteiger charge is 2.12. The summed E-state index contributed by atoms with van der Waals surface area (Å²) in [4.78, 5) is 0. The molecule has 0 bridgehead atoms. The molecule has 0 aliphatic carbocycles. The maximum absolute atomic E-state index is 12.1. The highest BCUT2D eigenvalue weighted by molar-refractivity contribution is 5.46. The van der Waals surface area contributed by atoms with E-state index in [1.807, 2.05) is 0 Å². The summed E-state index contributed by atoms with van der Waals surface area (Å²) in [6.07, 6.45) is -1.94. The average Bonchev–Trinajstić information content (AvgIpc) is 2.27. The maximum atomic E-state index is 12.1. The highest BCUT2D eigenvalue weighted by Crippen LogP contribution is 2.31. The summed E-state index contributed by atoms with van der Waals surface area (Å²) in [5, 5.41) is 0. The van der Waals surface area contributed by atoms with Crippen molar-refractivity contribution >= 4 is 0 Å². The van der Waals surface area contributed by atoms with Gasteiger partial charge in [-0.3, -0.25) is 0 Å². The molecule has 0 saturated carbocycles. The third kappa shape index (κ3) is 3.34. The van der Waals surface area contributed by atoms with Gasteiger partial charge in [-0.1, -0.05) is 12.1 Å². The molecule has 0 atom stereocenters. The van der Waals surface area contributed by atoms with Crippen LogP contribution in [0.3, 0.4) is 0 Å². The predicted octanol–water partition coefficient (Wildman–Crippen LogP) is 1.84. The molecule has 0 aliphatic heterocycles. The molecule has 0 spiro atoms. The van der Waals surface area contributed by atoms with Crippen molar-refractivity contribution in [3.05, 3.63) is 23.8 Å². The summed E-state index contributed by atoms with van der Waals surface area (Å²) in [6, 6.07) is 5.23. The van der Waals surface area contributed by atoms with Gasteiger partial charge in [0.15, 0.2) is 11.5 Å². The Balaban J connectivity index is 2.90. The lowest BCUT2D eigenvalue weighted by atomic mass is 10.1. The van der Waals surface area contributed by atoms with Gasteiger partial charge in [-0.25, -0.2) is 8.78 Å². The second-order valence-electron chi connectivity index (χ2n) is 3.19. The van der Waals surface area contributed by atoms with Crippen molar-refractivity contribution in [2.45, 2.75) is 12.8 Å². The quantitative estimate of drug-likeness (QED) is 0.812. The van der Waals surface area contributed by atoms with E-state index in [4.69, 9.17) is 15.2 Å². The Morgan fingerprint density at radius 1 is 1.38 bits per heavy atom. The van der Waals surface area contributed by atoms with Gasteiger partial charge < -0.3 is 15.2 Å². The number of methoxy groups -OCH3 is 1. The maximum Gasteiger partial charge on any atom is 0.272 e. The number of ether oxygens (including phenoxy) is 2. The molecule has 0 aliphatic rings. The van der Waals surface area contributed by atoms with Gasteiger partial charge >= 0.3 is 0 Å². The normalized spacial score (nSPS) is 10.6. The largest absolute Gasteiger partial charge is 0.493 e. The third-order valence-electron chi connectivity index (χ3n) is 2.05. The fourth-order valence-electron chi connectivity index (χ4n) is 1.38. The molecule has 0 aromatic heterocycles. The molecule has 0 unspecified atom stereocenters. The summed E-state index contributed by atoms with van der Waals surface area (Å²) in [7, 11) is 1.47. The first kappa shape index (κ1) is 12.7. The van der Waals surface area contributed by atoms with Crippen LogP contribution in [-0.4, -0.2) is 26.7 Å². The van der Waals surface area contributed by atoms with Gasteiger partial charge in [0.2, 0.25) is 0 Å². The molecule has 0 heterocycles. The highest BCUT2D eigenvalue weighted by atomic mass is 19.3. The fourth-order valence-corrected chi connectivity index (χ4v) is 1.38. The van der Waals surface area contributed by atoms with Gasteiger partial charge in [-0.15, -0.1) is 0 Å². The molecule has 1 aromatic rings. The topological polar surface area (TPSA) is 44.5 Å². The molecule has 5 heteroatoms. The molecule has 2 N–H and O–H groups in total. The van der Waals surface area contributed by atoms with E-state index >= 15 is 0 Å². The summed E-state index contributed by atoms with van der Waals surface area (Å²) in [6.45, 7) is -0.212. The SMILES string of the molecule is COc1cccc(CCN)c1OCC(F)F. The zero-order valence-electron chi connectivity index (χ0n) is 9.08. The van der Waals surface area contributed by atoms with E-state index in [2.05, 4.69) is 0 Å². The monoisotopic (exact) mass is 231 g/mol. The molecule has 1 rings (SSSR count). The first-order chi connectivity index (χ1) is 7.69. The number of halogens is 2. The first-order valence-corrected chi connectivity index (χ1v) is 4.96. The first-order valence-electron chi connectivity index (χ1n) is 4.96. The summed E-state index contributed by atoms with van der Waals surface area (Å²) < 4.78 is 34.3. The second kappa shape index (κ2) is 6.27. The van der Waals surface area contributed by atoms with Crippen LogP contribution in [0.1, 0.15) is 5.56 Å². The van der Waals surface area contributed by atoms with Crippen molar-refractivity contribution in [2.24, 2.45) is 5.73 Å².